The van der Waals surface area contributed by atoms with Gasteiger partial charge >= 0.3 is 0 Å². The zero-order chi connectivity index (χ0) is 23.3. The van der Waals surface area contributed by atoms with Crippen molar-refractivity contribution in [2.24, 2.45) is 0 Å². The number of rotatable bonds is 7. The molecule has 4 nitrogen and oxygen atoms in total. The fourth-order valence-electron chi connectivity index (χ4n) is 3.46. The fraction of sp³-hybridized carbons (Fsp3) is 0.440. The average molecular weight is 463 g/mol. The maximum Gasteiger partial charge on any atom is 0.243 e. The zero-order valence-electron chi connectivity index (χ0n) is 19.2. The van der Waals surface area contributed by atoms with E-state index in [4.69, 9.17) is 23.2 Å². The van der Waals surface area contributed by atoms with E-state index in [1.165, 1.54) is 0 Å². The second kappa shape index (κ2) is 10.5. The van der Waals surface area contributed by atoms with Crippen molar-refractivity contribution in [2.75, 3.05) is 0 Å². The maximum atomic E-state index is 13.5. The number of nitrogens with zero attached hydrogens (tertiary/aromatic N) is 1. The summed E-state index contributed by atoms with van der Waals surface area (Å²) in [6.07, 6.45) is 0.712. The van der Waals surface area contributed by atoms with E-state index in [9.17, 15) is 9.59 Å². The summed E-state index contributed by atoms with van der Waals surface area (Å²) in [6, 6.07) is 10.7. The summed E-state index contributed by atoms with van der Waals surface area (Å²) in [4.78, 5) is 28.2. The summed E-state index contributed by atoms with van der Waals surface area (Å²) in [5, 5.41) is 4.01. The van der Waals surface area contributed by atoms with E-state index in [1.54, 1.807) is 23.1 Å². The Kier molecular flexibility index (Phi) is 8.56. The van der Waals surface area contributed by atoms with Crippen molar-refractivity contribution in [3.63, 3.8) is 0 Å². The van der Waals surface area contributed by atoms with E-state index >= 15 is 0 Å². The molecule has 0 aromatic heterocycles. The number of aryl methyl sites for hydroxylation is 2. The second-order valence-electron chi connectivity index (χ2n) is 9.03. The highest BCUT2D eigenvalue weighted by molar-refractivity contribution is 6.35. The van der Waals surface area contributed by atoms with Gasteiger partial charge in [0.15, 0.2) is 0 Å². The van der Waals surface area contributed by atoms with Gasteiger partial charge in [0, 0.05) is 22.1 Å². The van der Waals surface area contributed by atoms with Gasteiger partial charge in [0.05, 0.1) is 6.42 Å². The van der Waals surface area contributed by atoms with E-state index in [0.717, 1.165) is 22.3 Å². The number of carbonyl (C=O) groups excluding carboxylic acids is 2. The zero-order valence-corrected chi connectivity index (χ0v) is 20.7. The molecule has 1 N–H and O–H groups in total. The van der Waals surface area contributed by atoms with Crippen molar-refractivity contribution < 1.29 is 9.59 Å². The maximum absolute atomic E-state index is 13.5. The van der Waals surface area contributed by atoms with Crippen LogP contribution in [0.1, 0.15) is 56.4 Å². The molecule has 0 bridgehead atoms. The third-order valence-corrected chi connectivity index (χ3v) is 5.67. The van der Waals surface area contributed by atoms with Gasteiger partial charge in [-0.15, -0.1) is 0 Å². The largest absolute Gasteiger partial charge is 0.350 e. The molecule has 2 rings (SSSR count). The Labute approximate surface area is 195 Å². The summed E-state index contributed by atoms with van der Waals surface area (Å²) in [7, 11) is 0. The Balaban J connectivity index is 2.40. The molecular weight excluding hydrogens is 431 g/mol. The molecule has 1 atom stereocenters. The molecule has 0 saturated heterocycles. The standard InChI is InChI=1S/C25H32Cl2N2O2/c1-7-22(24(31)28-25(4,5)6)29(15-18-10-11-20(26)14-21(18)27)23(30)13-19-12-16(2)8-9-17(19)3/h8-12,14,22H,7,13,15H2,1-6H3,(H,28,31)/t22-/m0/s1. The van der Waals surface area contributed by atoms with Crippen LogP contribution in [0.25, 0.3) is 0 Å². The molecule has 0 heterocycles. The van der Waals surface area contributed by atoms with E-state index < -0.39 is 11.6 Å². The van der Waals surface area contributed by atoms with Crippen LogP contribution in [0.15, 0.2) is 36.4 Å². The Morgan fingerprint density at radius 2 is 1.71 bits per heavy atom. The van der Waals surface area contributed by atoms with Crippen molar-refractivity contribution >= 4 is 35.0 Å². The Morgan fingerprint density at radius 1 is 1.03 bits per heavy atom. The van der Waals surface area contributed by atoms with Gasteiger partial charge in [-0.2, -0.15) is 0 Å². The molecule has 6 heteroatoms. The van der Waals surface area contributed by atoms with Crippen molar-refractivity contribution in [1.29, 1.82) is 0 Å². The van der Waals surface area contributed by atoms with Gasteiger partial charge in [-0.25, -0.2) is 0 Å². The fourth-order valence-corrected chi connectivity index (χ4v) is 3.93. The molecular formula is C25H32Cl2N2O2. The van der Waals surface area contributed by atoms with Crippen LogP contribution in [0.2, 0.25) is 10.0 Å². The molecule has 31 heavy (non-hydrogen) atoms. The van der Waals surface area contributed by atoms with Crippen LogP contribution in [0.3, 0.4) is 0 Å². The summed E-state index contributed by atoms with van der Waals surface area (Å²) in [5.41, 5.74) is 3.46. The van der Waals surface area contributed by atoms with Crippen LogP contribution >= 0.6 is 23.2 Å². The number of amides is 2. The predicted molar refractivity (Wildman–Crippen MR) is 129 cm³/mol. The lowest BCUT2D eigenvalue weighted by atomic mass is 10.0. The van der Waals surface area contributed by atoms with Crippen molar-refractivity contribution in [1.82, 2.24) is 10.2 Å². The molecule has 2 amide bonds. The minimum absolute atomic E-state index is 0.115. The third kappa shape index (κ3) is 7.26. The van der Waals surface area contributed by atoms with Gasteiger partial charge in [0.2, 0.25) is 11.8 Å². The highest BCUT2D eigenvalue weighted by atomic mass is 35.5. The van der Waals surface area contributed by atoms with Crippen LogP contribution in [-0.2, 0) is 22.6 Å². The minimum Gasteiger partial charge on any atom is -0.350 e. The number of halogens is 2. The van der Waals surface area contributed by atoms with Crippen LogP contribution in [0, 0.1) is 13.8 Å². The summed E-state index contributed by atoms with van der Waals surface area (Å²) >= 11 is 12.4. The Bertz CT molecular complexity index is 951. The highest BCUT2D eigenvalue weighted by Crippen LogP contribution is 2.25. The Morgan fingerprint density at radius 3 is 2.29 bits per heavy atom. The van der Waals surface area contributed by atoms with Gasteiger partial charge in [0.1, 0.15) is 6.04 Å². The lowest BCUT2D eigenvalue weighted by Crippen LogP contribution is -2.53. The lowest BCUT2D eigenvalue weighted by Gasteiger charge is -2.33. The molecule has 2 aromatic carbocycles. The third-order valence-electron chi connectivity index (χ3n) is 5.09. The molecule has 0 fully saturated rings. The van der Waals surface area contributed by atoms with Gasteiger partial charge in [-0.3, -0.25) is 9.59 Å². The molecule has 0 unspecified atom stereocenters. The number of hydrogen-bond acceptors (Lipinski definition) is 2. The molecule has 0 aliphatic carbocycles. The van der Waals surface area contributed by atoms with Gasteiger partial charge in [-0.05, 0) is 69.9 Å². The topological polar surface area (TPSA) is 49.4 Å². The predicted octanol–water partition coefficient (Wildman–Crippen LogP) is 5.87. The van der Waals surface area contributed by atoms with Crippen molar-refractivity contribution in [3.05, 3.63) is 68.7 Å². The van der Waals surface area contributed by atoms with E-state index in [1.807, 2.05) is 59.7 Å². The first-order chi connectivity index (χ1) is 14.4. The quantitative estimate of drug-likeness (QED) is 0.558. The van der Waals surface area contributed by atoms with Gasteiger partial charge < -0.3 is 10.2 Å². The molecule has 2 aromatic rings. The van der Waals surface area contributed by atoms with Crippen LogP contribution in [0.5, 0.6) is 0 Å². The molecule has 0 aliphatic rings. The van der Waals surface area contributed by atoms with E-state index in [0.29, 0.717) is 16.5 Å². The minimum atomic E-state index is -0.608. The second-order valence-corrected chi connectivity index (χ2v) is 9.87. The van der Waals surface area contributed by atoms with Crippen LogP contribution in [-0.4, -0.2) is 28.3 Å². The molecule has 0 radical (unpaired) electrons. The average Bonchev–Trinajstić information content (AvgIpc) is 2.64. The Hall–Kier alpha value is -2.04. The number of nitrogens with one attached hydrogen (secondary N) is 1. The monoisotopic (exact) mass is 462 g/mol. The summed E-state index contributed by atoms with van der Waals surface area (Å²) in [6.45, 7) is 11.9. The van der Waals surface area contributed by atoms with Gasteiger partial charge in [-0.1, -0.05) is 60.0 Å². The molecule has 0 spiro atoms. The summed E-state index contributed by atoms with van der Waals surface area (Å²) in [5.74, 6) is -0.287. The van der Waals surface area contributed by atoms with E-state index in [2.05, 4.69) is 5.32 Å². The first kappa shape index (κ1) is 25.2. The van der Waals surface area contributed by atoms with Crippen LogP contribution < -0.4 is 5.32 Å². The van der Waals surface area contributed by atoms with Gasteiger partial charge in [0.25, 0.3) is 0 Å². The van der Waals surface area contributed by atoms with Crippen molar-refractivity contribution in [2.45, 2.75) is 72.5 Å². The number of hydrogen-bond donors (Lipinski definition) is 1. The number of carbonyl (C=O) groups is 2. The summed E-state index contributed by atoms with van der Waals surface area (Å²) < 4.78 is 0. The lowest BCUT2D eigenvalue weighted by molar-refractivity contribution is -0.141. The van der Waals surface area contributed by atoms with Crippen molar-refractivity contribution in [3.8, 4) is 0 Å². The normalized spacial score (nSPS) is 12.4. The SMILES string of the molecule is CC[C@@H](C(=O)NC(C)(C)C)N(Cc1ccc(Cl)cc1Cl)C(=O)Cc1cc(C)ccc1C. The smallest absolute Gasteiger partial charge is 0.243 e. The van der Waals surface area contributed by atoms with E-state index in [-0.39, 0.29) is 24.8 Å². The molecule has 0 aliphatic heterocycles. The first-order valence-electron chi connectivity index (χ1n) is 10.5. The number of benzene rings is 2. The molecule has 168 valence electrons. The molecule has 0 saturated carbocycles. The highest BCUT2D eigenvalue weighted by Gasteiger charge is 2.31. The first-order valence-corrected chi connectivity index (χ1v) is 11.3. The van der Waals surface area contributed by atoms with Crippen LogP contribution in [0.4, 0.5) is 0 Å².